The lowest BCUT2D eigenvalue weighted by Crippen LogP contribution is -2.20. The number of carbonyl (C=O) groups excluding carboxylic acids is 1. The molecule has 24 heavy (non-hydrogen) atoms. The molecule has 6 nitrogen and oxygen atoms in total. The molecule has 0 aliphatic carbocycles. The molecule has 0 bridgehead atoms. The standard InChI is InChI=1S/C16H20N2O4S2/c1-3-14(20)11-4-6-13(7-5-11)21-8-12(19)9-24-16-18-17-15(22-16)10-23-2/h4-7,12,19H,3,8-10H2,1-2H3. The molecule has 1 N–H and O–H groups in total. The summed E-state index contributed by atoms with van der Waals surface area (Å²) in [7, 11) is 0. The fraction of sp³-hybridized carbons (Fsp3) is 0.438. The first kappa shape index (κ1) is 18.8. The molecule has 2 rings (SSSR count). The maximum atomic E-state index is 11.5. The molecular formula is C16H20N2O4S2. The summed E-state index contributed by atoms with van der Waals surface area (Å²) in [4.78, 5) is 11.5. The molecule has 2 aromatic rings. The Balaban J connectivity index is 1.74. The van der Waals surface area contributed by atoms with E-state index in [0.717, 1.165) is 0 Å². The van der Waals surface area contributed by atoms with E-state index in [1.165, 1.54) is 11.8 Å². The molecule has 1 unspecified atom stereocenters. The van der Waals surface area contributed by atoms with Gasteiger partial charge in [-0.05, 0) is 30.5 Å². The summed E-state index contributed by atoms with van der Waals surface area (Å²) in [5.74, 6) is 2.37. The van der Waals surface area contributed by atoms with Crippen LogP contribution in [0.5, 0.6) is 5.75 Å². The Morgan fingerprint density at radius 1 is 1.33 bits per heavy atom. The maximum absolute atomic E-state index is 11.5. The third kappa shape index (κ3) is 5.85. The van der Waals surface area contributed by atoms with E-state index in [9.17, 15) is 9.90 Å². The van der Waals surface area contributed by atoms with Gasteiger partial charge in [-0.1, -0.05) is 18.7 Å². The topological polar surface area (TPSA) is 85.5 Å². The molecule has 0 radical (unpaired) electrons. The lowest BCUT2D eigenvalue weighted by molar-refractivity contribution is 0.0987. The number of aliphatic hydroxyl groups excluding tert-OH is 1. The number of benzene rings is 1. The van der Waals surface area contributed by atoms with Gasteiger partial charge in [0.25, 0.3) is 5.22 Å². The molecule has 0 fully saturated rings. The largest absolute Gasteiger partial charge is 0.491 e. The number of rotatable bonds is 10. The van der Waals surface area contributed by atoms with Gasteiger partial charge in [0.15, 0.2) is 5.78 Å². The maximum Gasteiger partial charge on any atom is 0.276 e. The molecule has 1 aromatic heterocycles. The minimum Gasteiger partial charge on any atom is -0.491 e. The van der Waals surface area contributed by atoms with Gasteiger partial charge in [0, 0.05) is 17.7 Å². The van der Waals surface area contributed by atoms with Crippen molar-refractivity contribution in [2.75, 3.05) is 18.6 Å². The highest BCUT2D eigenvalue weighted by molar-refractivity contribution is 7.99. The molecule has 0 aliphatic heterocycles. The zero-order valence-corrected chi connectivity index (χ0v) is 15.2. The first-order chi connectivity index (χ1) is 11.6. The quantitative estimate of drug-likeness (QED) is 0.506. The molecule has 0 saturated heterocycles. The van der Waals surface area contributed by atoms with Gasteiger partial charge in [0.1, 0.15) is 12.4 Å². The van der Waals surface area contributed by atoms with E-state index < -0.39 is 6.10 Å². The van der Waals surface area contributed by atoms with E-state index in [1.54, 1.807) is 36.0 Å². The summed E-state index contributed by atoms with van der Waals surface area (Å²) in [5, 5.41) is 18.2. The monoisotopic (exact) mass is 368 g/mol. The van der Waals surface area contributed by atoms with Crippen molar-refractivity contribution < 1.29 is 19.1 Å². The second kappa shape index (κ2) is 9.71. The smallest absolute Gasteiger partial charge is 0.276 e. The van der Waals surface area contributed by atoms with Gasteiger partial charge in [-0.25, -0.2) is 0 Å². The number of hydrogen-bond acceptors (Lipinski definition) is 8. The number of Topliss-reactive ketones (excluding diaryl/α,β-unsaturated/α-hetero) is 1. The van der Waals surface area contributed by atoms with Gasteiger partial charge in [-0.3, -0.25) is 4.79 Å². The van der Waals surface area contributed by atoms with Gasteiger partial charge < -0.3 is 14.3 Å². The highest BCUT2D eigenvalue weighted by Gasteiger charge is 2.11. The van der Waals surface area contributed by atoms with Crippen molar-refractivity contribution in [3.8, 4) is 5.75 Å². The van der Waals surface area contributed by atoms with Crippen molar-refractivity contribution in [3.05, 3.63) is 35.7 Å². The van der Waals surface area contributed by atoms with Crippen molar-refractivity contribution in [2.45, 2.75) is 30.4 Å². The van der Waals surface area contributed by atoms with E-state index in [4.69, 9.17) is 9.15 Å². The summed E-state index contributed by atoms with van der Waals surface area (Å²) in [6.45, 7) is 1.98. The van der Waals surface area contributed by atoms with Gasteiger partial charge in [0.2, 0.25) is 5.89 Å². The number of ketones is 1. The summed E-state index contributed by atoms with van der Waals surface area (Å²) >= 11 is 2.90. The van der Waals surface area contributed by atoms with Crippen LogP contribution in [0.1, 0.15) is 29.6 Å². The fourth-order valence-electron chi connectivity index (χ4n) is 1.83. The van der Waals surface area contributed by atoms with E-state index in [1.807, 2.05) is 13.2 Å². The number of thioether (sulfide) groups is 2. The van der Waals surface area contributed by atoms with Crippen LogP contribution < -0.4 is 4.74 Å². The molecule has 130 valence electrons. The molecule has 1 heterocycles. The lowest BCUT2D eigenvalue weighted by atomic mass is 10.1. The Bertz CT molecular complexity index is 646. The van der Waals surface area contributed by atoms with Gasteiger partial charge in [0.05, 0.1) is 11.9 Å². The van der Waals surface area contributed by atoms with Gasteiger partial charge >= 0.3 is 0 Å². The van der Waals surface area contributed by atoms with Gasteiger partial charge in [-0.15, -0.1) is 10.2 Å². The number of aromatic nitrogens is 2. The van der Waals surface area contributed by atoms with Crippen LogP contribution in [-0.2, 0) is 5.75 Å². The molecule has 0 spiro atoms. The Hall–Kier alpha value is -1.51. The number of carbonyl (C=O) groups is 1. The van der Waals surface area contributed by atoms with Crippen LogP contribution in [0.25, 0.3) is 0 Å². The number of nitrogens with zero attached hydrogens (tertiary/aromatic N) is 2. The van der Waals surface area contributed by atoms with Crippen LogP contribution >= 0.6 is 23.5 Å². The highest BCUT2D eigenvalue weighted by atomic mass is 32.2. The first-order valence-corrected chi connectivity index (χ1v) is 9.88. The normalized spacial score (nSPS) is 12.1. The molecule has 8 heteroatoms. The number of hydrogen-bond donors (Lipinski definition) is 1. The molecule has 0 saturated carbocycles. The summed E-state index contributed by atoms with van der Waals surface area (Å²) in [6.07, 6.45) is 1.77. The molecule has 0 aliphatic rings. The predicted molar refractivity (Wildman–Crippen MR) is 94.8 cm³/mol. The van der Waals surface area contributed by atoms with E-state index in [0.29, 0.717) is 40.4 Å². The molecule has 1 atom stereocenters. The van der Waals surface area contributed by atoms with Crippen LogP contribution in [-0.4, -0.2) is 45.8 Å². The van der Waals surface area contributed by atoms with E-state index in [-0.39, 0.29) is 12.4 Å². The molecule has 0 amide bonds. The highest BCUT2D eigenvalue weighted by Crippen LogP contribution is 2.19. The van der Waals surface area contributed by atoms with E-state index in [2.05, 4.69) is 10.2 Å². The van der Waals surface area contributed by atoms with Crippen molar-refractivity contribution >= 4 is 29.3 Å². The van der Waals surface area contributed by atoms with Crippen molar-refractivity contribution in [1.29, 1.82) is 0 Å². The van der Waals surface area contributed by atoms with Gasteiger partial charge in [-0.2, -0.15) is 11.8 Å². The molecule has 1 aromatic carbocycles. The Morgan fingerprint density at radius 3 is 2.75 bits per heavy atom. The molecular weight excluding hydrogens is 348 g/mol. The summed E-state index contributed by atoms with van der Waals surface area (Å²) in [5.41, 5.74) is 0.665. The Labute approximate surface area is 149 Å². The van der Waals surface area contributed by atoms with Crippen LogP contribution in [0, 0.1) is 0 Å². The Kier molecular flexibility index (Phi) is 7.61. The average Bonchev–Trinajstić information content (AvgIpc) is 3.06. The Morgan fingerprint density at radius 2 is 2.08 bits per heavy atom. The predicted octanol–water partition coefficient (Wildman–Crippen LogP) is 3.06. The second-order valence-corrected chi connectivity index (χ2v) is 6.81. The summed E-state index contributed by atoms with van der Waals surface area (Å²) < 4.78 is 10.9. The number of ether oxygens (including phenoxy) is 1. The van der Waals surface area contributed by atoms with Crippen LogP contribution in [0.3, 0.4) is 0 Å². The fourth-order valence-corrected chi connectivity index (χ4v) is 2.88. The summed E-state index contributed by atoms with van der Waals surface area (Å²) in [6, 6.07) is 6.92. The van der Waals surface area contributed by atoms with Crippen molar-refractivity contribution in [1.82, 2.24) is 10.2 Å². The second-order valence-electron chi connectivity index (χ2n) is 4.97. The lowest BCUT2D eigenvalue weighted by Gasteiger charge is -2.11. The zero-order valence-electron chi connectivity index (χ0n) is 13.6. The third-order valence-electron chi connectivity index (χ3n) is 3.06. The minimum atomic E-state index is -0.664. The average molecular weight is 368 g/mol. The van der Waals surface area contributed by atoms with Crippen molar-refractivity contribution in [3.63, 3.8) is 0 Å². The number of aliphatic hydroxyl groups is 1. The minimum absolute atomic E-state index is 0.0957. The third-order valence-corrected chi connectivity index (χ3v) is 4.55. The van der Waals surface area contributed by atoms with Crippen LogP contribution in [0.15, 0.2) is 33.9 Å². The SMILES string of the molecule is CCC(=O)c1ccc(OCC(O)CSc2nnc(CSC)o2)cc1. The first-order valence-electron chi connectivity index (χ1n) is 7.50. The van der Waals surface area contributed by atoms with Crippen molar-refractivity contribution in [2.24, 2.45) is 0 Å². The van der Waals surface area contributed by atoms with E-state index >= 15 is 0 Å². The zero-order chi connectivity index (χ0) is 17.4. The van der Waals surface area contributed by atoms with Crippen LogP contribution in [0.4, 0.5) is 0 Å². The van der Waals surface area contributed by atoms with Crippen LogP contribution in [0.2, 0.25) is 0 Å².